The van der Waals surface area contributed by atoms with Crippen LogP contribution in [0.15, 0.2) is 29.2 Å². The molecule has 1 N–H and O–H groups in total. The highest BCUT2D eigenvalue weighted by Crippen LogP contribution is 2.26. The minimum absolute atomic E-state index is 0.182. The van der Waals surface area contributed by atoms with Crippen LogP contribution in [-0.2, 0) is 14.8 Å². The van der Waals surface area contributed by atoms with Crippen molar-refractivity contribution in [1.29, 1.82) is 0 Å². The lowest BCUT2D eigenvalue weighted by Crippen LogP contribution is -2.46. The van der Waals surface area contributed by atoms with E-state index >= 15 is 0 Å². The first-order valence-corrected chi connectivity index (χ1v) is 9.62. The third-order valence-electron chi connectivity index (χ3n) is 4.15. The zero-order valence-corrected chi connectivity index (χ0v) is 14.9. The van der Waals surface area contributed by atoms with Crippen molar-refractivity contribution in [3.8, 4) is 0 Å². The summed E-state index contributed by atoms with van der Waals surface area (Å²) in [5.74, 6) is 0.324. The Morgan fingerprint density at radius 1 is 1.30 bits per heavy atom. The van der Waals surface area contributed by atoms with E-state index < -0.39 is 16.1 Å². The van der Waals surface area contributed by atoms with Gasteiger partial charge >= 0.3 is 0 Å². The number of benzene rings is 1. The van der Waals surface area contributed by atoms with Crippen LogP contribution in [0.2, 0.25) is 0 Å². The topological polar surface area (TPSA) is 66.5 Å². The molecule has 1 aromatic carbocycles. The van der Waals surface area contributed by atoms with Gasteiger partial charge in [0.1, 0.15) is 6.04 Å². The SMILES string of the molecule is Cc1ccc(S(=O)(=O)N2CCCC2C(=O)NCCC(C)C)cc1. The van der Waals surface area contributed by atoms with Crippen molar-refractivity contribution in [2.45, 2.75) is 51.0 Å². The van der Waals surface area contributed by atoms with Crippen molar-refractivity contribution in [3.05, 3.63) is 29.8 Å². The molecule has 2 rings (SSSR count). The number of amides is 1. The Labute approximate surface area is 139 Å². The second-order valence-corrected chi connectivity index (χ2v) is 8.45. The summed E-state index contributed by atoms with van der Waals surface area (Å²) in [6.45, 7) is 7.09. The quantitative estimate of drug-likeness (QED) is 0.865. The van der Waals surface area contributed by atoms with Crippen LogP contribution >= 0.6 is 0 Å². The maximum atomic E-state index is 12.8. The fraction of sp³-hybridized carbons (Fsp3) is 0.588. The first-order chi connectivity index (χ1) is 10.8. The Morgan fingerprint density at radius 3 is 2.57 bits per heavy atom. The van der Waals surface area contributed by atoms with Gasteiger partial charge in [-0.05, 0) is 44.2 Å². The summed E-state index contributed by atoms with van der Waals surface area (Å²) in [5, 5.41) is 2.87. The summed E-state index contributed by atoms with van der Waals surface area (Å²) in [7, 11) is -3.62. The molecule has 0 aromatic heterocycles. The summed E-state index contributed by atoms with van der Waals surface area (Å²) < 4.78 is 26.9. The molecule has 5 nitrogen and oxygen atoms in total. The molecule has 1 atom stereocenters. The molecule has 0 spiro atoms. The van der Waals surface area contributed by atoms with E-state index in [4.69, 9.17) is 0 Å². The van der Waals surface area contributed by atoms with Gasteiger partial charge in [-0.3, -0.25) is 4.79 Å². The first-order valence-electron chi connectivity index (χ1n) is 8.18. The molecule has 0 bridgehead atoms. The fourth-order valence-electron chi connectivity index (χ4n) is 2.74. The lowest BCUT2D eigenvalue weighted by atomic mass is 10.1. The molecule has 6 heteroatoms. The fourth-order valence-corrected chi connectivity index (χ4v) is 4.39. The molecule has 1 heterocycles. The molecule has 1 unspecified atom stereocenters. The van der Waals surface area contributed by atoms with Crippen LogP contribution in [-0.4, -0.2) is 37.8 Å². The van der Waals surface area contributed by atoms with Crippen LogP contribution < -0.4 is 5.32 Å². The van der Waals surface area contributed by atoms with Crippen LogP contribution in [0.1, 0.15) is 38.7 Å². The number of nitrogens with one attached hydrogen (secondary N) is 1. The highest BCUT2D eigenvalue weighted by atomic mass is 32.2. The van der Waals surface area contributed by atoms with Crippen molar-refractivity contribution >= 4 is 15.9 Å². The Balaban J connectivity index is 2.11. The zero-order valence-electron chi connectivity index (χ0n) is 14.1. The minimum atomic E-state index is -3.62. The summed E-state index contributed by atoms with van der Waals surface area (Å²) in [6.07, 6.45) is 2.19. The Hall–Kier alpha value is -1.40. The Morgan fingerprint density at radius 2 is 1.96 bits per heavy atom. The number of hydrogen-bond acceptors (Lipinski definition) is 3. The Bertz CT molecular complexity index is 638. The summed E-state index contributed by atoms with van der Waals surface area (Å²) >= 11 is 0. The number of carbonyl (C=O) groups is 1. The summed E-state index contributed by atoms with van der Waals surface area (Å²) in [4.78, 5) is 12.6. The Kier molecular flexibility index (Phi) is 5.81. The van der Waals surface area contributed by atoms with Crippen molar-refractivity contribution in [1.82, 2.24) is 9.62 Å². The molecule has 1 aromatic rings. The van der Waals surface area contributed by atoms with Gasteiger partial charge in [-0.2, -0.15) is 4.31 Å². The third-order valence-corrected chi connectivity index (χ3v) is 6.08. The molecule has 0 aliphatic carbocycles. The van der Waals surface area contributed by atoms with E-state index in [1.165, 1.54) is 4.31 Å². The molecule has 0 radical (unpaired) electrons. The van der Waals surface area contributed by atoms with Gasteiger partial charge in [0.25, 0.3) is 0 Å². The predicted octanol–water partition coefficient (Wildman–Crippen LogP) is 2.31. The van der Waals surface area contributed by atoms with Crippen LogP contribution in [0.25, 0.3) is 0 Å². The molecule has 0 saturated carbocycles. The molecule has 1 amide bonds. The van der Waals surface area contributed by atoms with E-state index in [9.17, 15) is 13.2 Å². The van der Waals surface area contributed by atoms with Gasteiger partial charge in [0.2, 0.25) is 15.9 Å². The van der Waals surface area contributed by atoms with Gasteiger partial charge in [-0.1, -0.05) is 31.5 Å². The molecular weight excluding hydrogens is 312 g/mol. The monoisotopic (exact) mass is 338 g/mol. The molecule has 1 saturated heterocycles. The molecule has 1 aliphatic heterocycles. The van der Waals surface area contributed by atoms with Crippen molar-refractivity contribution < 1.29 is 13.2 Å². The number of hydrogen-bond donors (Lipinski definition) is 1. The molecular formula is C17H26N2O3S. The molecule has 128 valence electrons. The van der Waals surface area contributed by atoms with Crippen molar-refractivity contribution in [3.63, 3.8) is 0 Å². The van der Waals surface area contributed by atoms with Gasteiger partial charge in [0, 0.05) is 13.1 Å². The van der Waals surface area contributed by atoms with Crippen LogP contribution in [0.5, 0.6) is 0 Å². The van der Waals surface area contributed by atoms with Gasteiger partial charge in [0.15, 0.2) is 0 Å². The highest BCUT2D eigenvalue weighted by molar-refractivity contribution is 7.89. The standard InChI is InChI=1S/C17H26N2O3S/c1-13(2)10-11-18-17(20)16-5-4-12-19(16)23(21,22)15-8-6-14(3)7-9-15/h6-9,13,16H,4-5,10-12H2,1-3H3,(H,18,20). The second-order valence-electron chi connectivity index (χ2n) is 6.56. The van der Waals surface area contributed by atoms with E-state index in [0.29, 0.717) is 31.8 Å². The molecule has 1 aliphatic rings. The zero-order chi connectivity index (χ0) is 17.0. The van der Waals surface area contributed by atoms with Crippen LogP contribution in [0.4, 0.5) is 0 Å². The summed E-state index contributed by atoms with van der Waals surface area (Å²) in [6, 6.07) is 6.18. The van der Waals surface area contributed by atoms with Gasteiger partial charge < -0.3 is 5.32 Å². The maximum Gasteiger partial charge on any atom is 0.243 e. The van der Waals surface area contributed by atoms with E-state index in [1.54, 1.807) is 24.3 Å². The molecule has 23 heavy (non-hydrogen) atoms. The third kappa shape index (κ3) is 4.32. The average Bonchev–Trinajstić information content (AvgIpc) is 2.97. The van der Waals surface area contributed by atoms with Crippen LogP contribution in [0.3, 0.4) is 0 Å². The minimum Gasteiger partial charge on any atom is -0.355 e. The first kappa shape index (κ1) is 17.9. The summed E-state index contributed by atoms with van der Waals surface area (Å²) in [5.41, 5.74) is 1.01. The number of sulfonamides is 1. The van der Waals surface area contributed by atoms with E-state index in [2.05, 4.69) is 19.2 Å². The molecule has 1 fully saturated rings. The van der Waals surface area contributed by atoms with Gasteiger partial charge in [0.05, 0.1) is 4.90 Å². The predicted molar refractivity (Wildman–Crippen MR) is 90.6 cm³/mol. The smallest absolute Gasteiger partial charge is 0.243 e. The number of aryl methyl sites for hydroxylation is 1. The highest BCUT2D eigenvalue weighted by Gasteiger charge is 2.39. The average molecular weight is 338 g/mol. The normalized spacial score (nSPS) is 19.2. The lowest BCUT2D eigenvalue weighted by molar-refractivity contribution is -0.124. The second kappa shape index (κ2) is 7.45. The van der Waals surface area contributed by atoms with Crippen LogP contribution in [0, 0.1) is 12.8 Å². The van der Waals surface area contributed by atoms with Gasteiger partial charge in [-0.25, -0.2) is 8.42 Å². The number of rotatable bonds is 6. The van der Waals surface area contributed by atoms with Gasteiger partial charge in [-0.15, -0.1) is 0 Å². The number of nitrogens with zero attached hydrogens (tertiary/aromatic N) is 1. The number of carbonyl (C=O) groups excluding carboxylic acids is 1. The largest absolute Gasteiger partial charge is 0.355 e. The van der Waals surface area contributed by atoms with E-state index in [0.717, 1.165) is 12.0 Å². The lowest BCUT2D eigenvalue weighted by Gasteiger charge is -2.23. The van der Waals surface area contributed by atoms with E-state index in [-0.39, 0.29) is 10.8 Å². The van der Waals surface area contributed by atoms with Crippen molar-refractivity contribution in [2.75, 3.05) is 13.1 Å². The van der Waals surface area contributed by atoms with Crippen molar-refractivity contribution in [2.24, 2.45) is 5.92 Å². The maximum absolute atomic E-state index is 12.8. The van der Waals surface area contributed by atoms with E-state index in [1.807, 2.05) is 6.92 Å².